The van der Waals surface area contributed by atoms with E-state index in [1.807, 2.05) is 0 Å². The van der Waals surface area contributed by atoms with Crippen LogP contribution in [0.4, 0.5) is 0 Å². The van der Waals surface area contributed by atoms with Gasteiger partial charge in [-0.15, -0.1) is 0 Å². The van der Waals surface area contributed by atoms with E-state index < -0.39 is 0 Å². The number of carbonyl (C=O) groups is 1. The van der Waals surface area contributed by atoms with Gasteiger partial charge in [0.15, 0.2) is 16.7 Å². The number of furan rings is 2. The van der Waals surface area contributed by atoms with Crippen molar-refractivity contribution in [1.29, 1.82) is 0 Å². The lowest BCUT2D eigenvalue weighted by molar-refractivity contribution is 0.0985. The molecule has 0 bridgehead atoms. The van der Waals surface area contributed by atoms with Gasteiger partial charge in [0, 0.05) is 10.4 Å². The van der Waals surface area contributed by atoms with Crippen molar-refractivity contribution >= 4 is 40.0 Å². The van der Waals surface area contributed by atoms with Crippen molar-refractivity contribution in [3.63, 3.8) is 0 Å². The van der Waals surface area contributed by atoms with Crippen LogP contribution in [-0.4, -0.2) is 5.78 Å². The van der Waals surface area contributed by atoms with Gasteiger partial charge in [-0.25, -0.2) is 0 Å². The number of rotatable bonds is 2. The van der Waals surface area contributed by atoms with E-state index in [0.717, 1.165) is 5.39 Å². The Kier molecular flexibility index (Phi) is 2.65. The van der Waals surface area contributed by atoms with Gasteiger partial charge < -0.3 is 8.83 Å². The minimum Gasteiger partial charge on any atom is -0.452 e. The Morgan fingerprint density at radius 2 is 1.78 bits per heavy atom. The Hall–Kier alpha value is -1.71. The summed E-state index contributed by atoms with van der Waals surface area (Å²) in [6, 6.07) is 9.78. The highest BCUT2D eigenvalue weighted by Crippen LogP contribution is 2.25. The summed E-state index contributed by atoms with van der Waals surface area (Å²) in [5.74, 6) is -0.0161. The molecule has 2 heterocycles. The molecule has 0 aliphatic heterocycles. The highest BCUT2D eigenvalue weighted by atomic mass is 35.5. The number of halogens is 2. The van der Waals surface area contributed by atoms with Gasteiger partial charge in [0.1, 0.15) is 5.58 Å². The number of hydrogen-bond donors (Lipinski definition) is 0. The Morgan fingerprint density at radius 3 is 2.50 bits per heavy atom. The van der Waals surface area contributed by atoms with Crippen LogP contribution in [-0.2, 0) is 0 Å². The molecule has 0 saturated heterocycles. The highest BCUT2D eigenvalue weighted by Gasteiger charge is 2.18. The van der Waals surface area contributed by atoms with E-state index in [1.165, 1.54) is 12.1 Å². The SMILES string of the molecule is O=C(c1ccc(Cl)o1)c1cc2cc(Cl)ccc2o1. The predicted octanol–water partition coefficient (Wildman–Crippen LogP) is 4.56. The number of hydrogen-bond acceptors (Lipinski definition) is 3. The van der Waals surface area contributed by atoms with Crippen LogP contribution in [0.25, 0.3) is 11.0 Å². The third kappa shape index (κ3) is 1.92. The largest absolute Gasteiger partial charge is 0.452 e. The van der Waals surface area contributed by atoms with Gasteiger partial charge in [0.05, 0.1) is 0 Å². The van der Waals surface area contributed by atoms with E-state index in [-0.39, 0.29) is 22.5 Å². The fourth-order valence-corrected chi connectivity index (χ4v) is 2.01. The predicted molar refractivity (Wildman–Crippen MR) is 68.4 cm³/mol. The second-order valence-corrected chi connectivity index (χ2v) is 4.53. The van der Waals surface area contributed by atoms with Gasteiger partial charge >= 0.3 is 0 Å². The third-order valence-corrected chi connectivity index (χ3v) is 2.94. The van der Waals surface area contributed by atoms with Crippen molar-refractivity contribution in [2.75, 3.05) is 0 Å². The highest BCUT2D eigenvalue weighted by molar-refractivity contribution is 6.31. The summed E-state index contributed by atoms with van der Waals surface area (Å²) in [5.41, 5.74) is 0.598. The van der Waals surface area contributed by atoms with Gasteiger partial charge in [-0.1, -0.05) is 11.6 Å². The molecule has 0 radical (unpaired) electrons. The second-order valence-electron chi connectivity index (χ2n) is 3.73. The minimum atomic E-state index is -0.353. The Labute approximate surface area is 112 Å². The van der Waals surface area contributed by atoms with Crippen molar-refractivity contribution < 1.29 is 13.6 Å². The summed E-state index contributed by atoms with van der Waals surface area (Å²) in [7, 11) is 0. The zero-order chi connectivity index (χ0) is 12.7. The minimum absolute atomic E-state index is 0.144. The molecule has 0 aliphatic rings. The van der Waals surface area contributed by atoms with Crippen LogP contribution in [0, 0.1) is 0 Å². The molecule has 90 valence electrons. The average molecular weight is 281 g/mol. The first kappa shape index (κ1) is 11.4. The number of fused-ring (bicyclic) bond motifs is 1. The molecule has 3 aromatic rings. The summed E-state index contributed by atoms with van der Waals surface area (Å²) in [5, 5.41) is 1.52. The molecule has 0 aliphatic carbocycles. The number of benzene rings is 1. The summed E-state index contributed by atoms with van der Waals surface area (Å²) >= 11 is 11.5. The first-order chi connectivity index (χ1) is 8.63. The van der Waals surface area contributed by atoms with E-state index in [2.05, 4.69) is 0 Å². The fraction of sp³-hybridized carbons (Fsp3) is 0. The topological polar surface area (TPSA) is 43.4 Å². The molecule has 0 fully saturated rings. The molecule has 18 heavy (non-hydrogen) atoms. The molecule has 0 unspecified atom stereocenters. The lowest BCUT2D eigenvalue weighted by atomic mass is 10.2. The third-order valence-electron chi connectivity index (χ3n) is 2.50. The summed E-state index contributed by atoms with van der Waals surface area (Å²) in [6.45, 7) is 0. The van der Waals surface area contributed by atoms with E-state index >= 15 is 0 Å². The molecule has 3 nitrogen and oxygen atoms in total. The van der Waals surface area contributed by atoms with Crippen LogP contribution in [0.15, 0.2) is 45.2 Å². The van der Waals surface area contributed by atoms with Crippen LogP contribution in [0.1, 0.15) is 16.3 Å². The first-order valence-electron chi connectivity index (χ1n) is 5.12. The standard InChI is InChI=1S/C13H6Cl2O3/c14-8-1-2-9-7(5-8)6-11(17-9)13(16)10-3-4-12(15)18-10/h1-6H. The van der Waals surface area contributed by atoms with Crippen molar-refractivity contribution in [3.8, 4) is 0 Å². The molecular formula is C13H6Cl2O3. The molecule has 5 heteroatoms. The maximum Gasteiger partial charge on any atom is 0.263 e. The molecule has 0 amide bonds. The lowest BCUT2D eigenvalue weighted by Gasteiger charge is -1.90. The maximum atomic E-state index is 12.0. The van der Waals surface area contributed by atoms with Crippen LogP contribution in [0.5, 0.6) is 0 Å². The van der Waals surface area contributed by atoms with Gasteiger partial charge in [0.25, 0.3) is 5.78 Å². The van der Waals surface area contributed by atoms with Crippen LogP contribution in [0.2, 0.25) is 10.2 Å². The number of ketones is 1. The average Bonchev–Trinajstić information content (AvgIpc) is 2.93. The van der Waals surface area contributed by atoms with Gasteiger partial charge in [-0.2, -0.15) is 0 Å². The van der Waals surface area contributed by atoms with Crippen molar-refractivity contribution in [3.05, 3.63) is 58.2 Å². The number of carbonyl (C=O) groups excluding carboxylic acids is 1. The lowest BCUT2D eigenvalue weighted by Crippen LogP contribution is -1.96. The maximum absolute atomic E-state index is 12.0. The van der Waals surface area contributed by atoms with Crippen molar-refractivity contribution in [1.82, 2.24) is 0 Å². The molecule has 0 N–H and O–H groups in total. The molecule has 0 atom stereocenters. The molecule has 1 aromatic carbocycles. The van der Waals surface area contributed by atoms with E-state index in [0.29, 0.717) is 10.6 Å². The quantitative estimate of drug-likeness (QED) is 0.646. The summed E-state index contributed by atoms with van der Waals surface area (Å²) < 4.78 is 10.5. The molecule has 0 spiro atoms. The monoisotopic (exact) mass is 280 g/mol. The zero-order valence-corrected chi connectivity index (χ0v) is 10.5. The Balaban J connectivity index is 2.06. The zero-order valence-electron chi connectivity index (χ0n) is 8.94. The fourth-order valence-electron chi connectivity index (χ4n) is 1.68. The van der Waals surface area contributed by atoms with Crippen molar-refractivity contribution in [2.45, 2.75) is 0 Å². The Bertz CT molecular complexity index is 740. The smallest absolute Gasteiger partial charge is 0.263 e. The first-order valence-corrected chi connectivity index (χ1v) is 5.88. The van der Waals surface area contributed by atoms with Gasteiger partial charge in [0.2, 0.25) is 0 Å². The second kappa shape index (κ2) is 4.19. The molecule has 2 aromatic heterocycles. The summed E-state index contributed by atoms with van der Waals surface area (Å²) in [4.78, 5) is 12.0. The van der Waals surface area contributed by atoms with Crippen LogP contribution >= 0.6 is 23.2 Å². The van der Waals surface area contributed by atoms with E-state index in [9.17, 15) is 4.79 Å². The van der Waals surface area contributed by atoms with Gasteiger partial charge in [-0.3, -0.25) is 4.79 Å². The van der Waals surface area contributed by atoms with Crippen LogP contribution in [0.3, 0.4) is 0 Å². The van der Waals surface area contributed by atoms with E-state index in [1.54, 1.807) is 24.3 Å². The van der Waals surface area contributed by atoms with E-state index in [4.69, 9.17) is 32.0 Å². The molecular weight excluding hydrogens is 275 g/mol. The van der Waals surface area contributed by atoms with Crippen LogP contribution < -0.4 is 0 Å². The normalized spacial score (nSPS) is 11.0. The summed E-state index contributed by atoms with van der Waals surface area (Å²) in [6.07, 6.45) is 0. The van der Waals surface area contributed by atoms with Gasteiger partial charge in [-0.05, 0) is 48.0 Å². The van der Waals surface area contributed by atoms with Crippen molar-refractivity contribution in [2.24, 2.45) is 0 Å². The molecule has 3 rings (SSSR count). The molecule has 0 saturated carbocycles. The Morgan fingerprint density at radius 1 is 0.944 bits per heavy atom.